The molecule has 4 heterocycles. The predicted octanol–water partition coefficient (Wildman–Crippen LogP) is 4.93. The van der Waals surface area contributed by atoms with Gasteiger partial charge in [0.25, 0.3) is 11.7 Å². The van der Waals surface area contributed by atoms with Crippen LogP contribution < -0.4 is 9.47 Å². The quantitative estimate of drug-likeness (QED) is 0.139. The highest BCUT2D eigenvalue weighted by atomic mass is 16.5. The number of fused-ring (bicyclic) bond motifs is 1. The molecule has 9 heteroatoms. The van der Waals surface area contributed by atoms with Gasteiger partial charge in [0.2, 0.25) is 0 Å². The van der Waals surface area contributed by atoms with Crippen molar-refractivity contribution in [3.8, 4) is 11.5 Å². The van der Waals surface area contributed by atoms with Crippen LogP contribution in [0.25, 0.3) is 11.4 Å². The van der Waals surface area contributed by atoms with Crippen LogP contribution in [-0.4, -0.2) is 49.3 Å². The number of nitrogens with zero attached hydrogens (tertiary/aromatic N) is 4. The lowest BCUT2D eigenvalue weighted by molar-refractivity contribution is -0.140. The molecule has 1 aliphatic heterocycles. The molecule has 0 spiro atoms. The van der Waals surface area contributed by atoms with Crippen LogP contribution in [0.4, 0.5) is 0 Å². The first kappa shape index (κ1) is 26.7. The summed E-state index contributed by atoms with van der Waals surface area (Å²) < 4.78 is 13.4. The molecule has 0 aliphatic carbocycles. The van der Waals surface area contributed by atoms with Crippen LogP contribution in [0.15, 0.2) is 79.3 Å². The first-order valence-electron chi connectivity index (χ1n) is 13.0. The molecule has 1 fully saturated rings. The van der Waals surface area contributed by atoms with Crippen molar-refractivity contribution < 1.29 is 24.2 Å². The van der Waals surface area contributed by atoms with E-state index in [0.717, 1.165) is 11.1 Å². The number of benzene rings is 1. The Kier molecular flexibility index (Phi) is 7.37. The van der Waals surface area contributed by atoms with Crippen LogP contribution in [0.5, 0.6) is 11.5 Å². The van der Waals surface area contributed by atoms with Crippen LogP contribution in [0.2, 0.25) is 0 Å². The molecule has 1 N–H and O–H groups in total. The third-order valence-corrected chi connectivity index (χ3v) is 6.86. The number of rotatable bonds is 9. The van der Waals surface area contributed by atoms with E-state index in [2.05, 4.69) is 16.5 Å². The van der Waals surface area contributed by atoms with Gasteiger partial charge in [0, 0.05) is 25.1 Å². The summed E-state index contributed by atoms with van der Waals surface area (Å²) in [6.45, 7) is 10.1. The molecular formula is C31H30N4O5. The van der Waals surface area contributed by atoms with Crippen LogP contribution in [0.3, 0.4) is 0 Å². The van der Waals surface area contributed by atoms with Crippen molar-refractivity contribution in [2.45, 2.75) is 33.4 Å². The first-order chi connectivity index (χ1) is 19.3. The van der Waals surface area contributed by atoms with E-state index in [4.69, 9.17) is 9.47 Å². The van der Waals surface area contributed by atoms with Crippen molar-refractivity contribution in [1.82, 2.24) is 19.3 Å². The number of ether oxygens (including phenoxy) is 2. The van der Waals surface area contributed by atoms with E-state index in [1.165, 1.54) is 4.90 Å². The average Bonchev–Trinajstić information content (AvgIpc) is 3.43. The molecule has 0 saturated carbocycles. The van der Waals surface area contributed by atoms with Gasteiger partial charge in [-0.2, -0.15) is 0 Å². The first-order valence-corrected chi connectivity index (χ1v) is 13.0. The lowest BCUT2D eigenvalue weighted by Crippen LogP contribution is -2.29. The van der Waals surface area contributed by atoms with Crippen molar-refractivity contribution in [2.24, 2.45) is 0 Å². The molecule has 1 aromatic carbocycles. The Labute approximate surface area is 232 Å². The van der Waals surface area contributed by atoms with Crippen molar-refractivity contribution in [1.29, 1.82) is 0 Å². The fourth-order valence-corrected chi connectivity index (χ4v) is 4.98. The number of carbonyl (C=O) groups is 2. The molecule has 1 saturated heterocycles. The smallest absolute Gasteiger partial charge is 0.295 e. The Morgan fingerprint density at radius 2 is 1.95 bits per heavy atom. The predicted molar refractivity (Wildman–Crippen MR) is 150 cm³/mol. The number of pyridine rings is 2. The lowest BCUT2D eigenvalue weighted by Gasteiger charge is -2.26. The largest absolute Gasteiger partial charge is 0.505 e. The number of aliphatic hydroxyl groups is 1. The van der Waals surface area contributed by atoms with E-state index in [-0.39, 0.29) is 30.2 Å². The van der Waals surface area contributed by atoms with Gasteiger partial charge in [-0.1, -0.05) is 30.9 Å². The van der Waals surface area contributed by atoms with Gasteiger partial charge in [-0.3, -0.25) is 14.6 Å². The topological polar surface area (TPSA) is 106 Å². The summed E-state index contributed by atoms with van der Waals surface area (Å²) in [7, 11) is 0. The zero-order valence-corrected chi connectivity index (χ0v) is 22.6. The molecule has 1 unspecified atom stereocenters. The molecule has 9 nitrogen and oxygen atoms in total. The highest BCUT2D eigenvalue weighted by Gasteiger charge is 2.47. The van der Waals surface area contributed by atoms with Gasteiger partial charge in [0.1, 0.15) is 17.9 Å². The maximum atomic E-state index is 13.6. The summed E-state index contributed by atoms with van der Waals surface area (Å²) in [6.07, 6.45) is 6.75. The monoisotopic (exact) mass is 538 g/mol. The van der Waals surface area contributed by atoms with E-state index < -0.39 is 17.7 Å². The molecule has 204 valence electrons. The third kappa shape index (κ3) is 4.70. The maximum Gasteiger partial charge on any atom is 0.295 e. The summed E-state index contributed by atoms with van der Waals surface area (Å²) >= 11 is 0. The summed E-state index contributed by atoms with van der Waals surface area (Å²) in [5.41, 5.74) is 3.74. The fourth-order valence-electron chi connectivity index (χ4n) is 4.98. The molecule has 3 aromatic heterocycles. The van der Waals surface area contributed by atoms with E-state index in [1.807, 2.05) is 49.6 Å². The molecule has 1 aliphatic rings. The molecule has 1 atom stereocenters. The average molecular weight is 539 g/mol. The minimum atomic E-state index is -0.904. The number of Topliss-reactive ketones (excluding diaryl/α,β-unsaturated/α-hetero) is 1. The highest BCUT2D eigenvalue weighted by molar-refractivity contribution is 6.46. The second-order valence-electron chi connectivity index (χ2n) is 9.46. The van der Waals surface area contributed by atoms with Crippen molar-refractivity contribution >= 4 is 23.1 Å². The number of aliphatic hydroxyl groups excluding tert-OH is 1. The van der Waals surface area contributed by atoms with Crippen LogP contribution in [0, 0.1) is 13.8 Å². The van der Waals surface area contributed by atoms with E-state index >= 15 is 0 Å². The molecule has 0 bridgehead atoms. The minimum absolute atomic E-state index is 0.0414. The van der Waals surface area contributed by atoms with Crippen LogP contribution in [0.1, 0.15) is 41.0 Å². The number of aromatic nitrogens is 3. The summed E-state index contributed by atoms with van der Waals surface area (Å²) in [4.78, 5) is 37.3. The van der Waals surface area contributed by atoms with Crippen molar-refractivity contribution in [3.63, 3.8) is 0 Å². The molecule has 4 aromatic rings. The number of ketones is 1. The molecular weight excluding hydrogens is 508 g/mol. The minimum Gasteiger partial charge on any atom is -0.505 e. The van der Waals surface area contributed by atoms with Crippen molar-refractivity contribution in [2.75, 3.05) is 13.2 Å². The van der Waals surface area contributed by atoms with Gasteiger partial charge in [0.15, 0.2) is 17.3 Å². The number of imidazole rings is 1. The zero-order chi connectivity index (χ0) is 28.4. The number of likely N-dealkylation sites (tertiary alicyclic amines) is 1. The Balaban J connectivity index is 1.70. The second-order valence-corrected chi connectivity index (χ2v) is 9.46. The van der Waals surface area contributed by atoms with Gasteiger partial charge in [0.05, 0.1) is 23.9 Å². The molecule has 40 heavy (non-hydrogen) atoms. The van der Waals surface area contributed by atoms with Crippen LogP contribution in [-0.2, 0) is 16.1 Å². The Morgan fingerprint density at radius 1 is 1.12 bits per heavy atom. The summed E-state index contributed by atoms with van der Waals surface area (Å²) in [5.74, 6) is -0.889. The number of amides is 1. The van der Waals surface area contributed by atoms with E-state index in [9.17, 15) is 14.7 Å². The second kappa shape index (κ2) is 11.1. The van der Waals surface area contributed by atoms with E-state index in [1.54, 1.807) is 42.7 Å². The number of hydrogen-bond donors (Lipinski definition) is 1. The van der Waals surface area contributed by atoms with Gasteiger partial charge >= 0.3 is 0 Å². The van der Waals surface area contributed by atoms with Gasteiger partial charge in [-0.15, -0.1) is 0 Å². The molecule has 1 amide bonds. The van der Waals surface area contributed by atoms with E-state index in [0.29, 0.717) is 35.0 Å². The highest BCUT2D eigenvalue weighted by Crippen LogP contribution is 2.43. The number of aryl methyl sites for hydroxylation is 2. The van der Waals surface area contributed by atoms with Gasteiger partial charge in [-0.25, -0.2) is 4.98 Å². The standard InChI is InChI=1S/C31H30N4O5/c1-5-15-40-23-12-11-22(16-24(23)39-6-2)27-25(29(37)31(38)35(27)18-21-10-7-13-32-17-21)28(36)26-20(4)34-14-8-9-19(3)30(34)33-26/h5,7-14,16-17,27,36H,1,6,15,18H2,2-4H3. The fraction of sp³-hybridized carbons (Fsp3) is 0.226. The maximum absolute atomic E-state index is 13.6. The van der Waals surface area contributed by atoms with Crippen LogP contribution >= 0.6 is 0 Å². The Bertz CT molecular complexity index is 1640. The summed E-state index contributed by atoms with van der Waals surface area (Å²) in [6, 6.07) is 11.7. The third-order valence-electron chi connectivity index (χ3n) is 6.86. The summed E-state index contributed by atoms with van der Waals surface area (Å²) in [5, 5.41) is 11.7. The molecule has 5 rings (SSSR count). The zero-order valence-electron chi connectivity index (χ0n) is 22.6. The number of carbonyl (C=O) groups excluding carboxylic acids is 2. The van der Waals surface area contributed by atoms with Crippen molar-refractivity contribution in [3.05, 3.63) is 107 Å². The normalized spacial score (nSPS) is 16.5. The SMILES string of the molecule is C=CCOc1ccc(C2C(=C(O)c3nc4c(C)cccn4c3C)C(=O)C(=O)N2Cc2cccnc2)cc1OCC. The molecule has 0 radical (unpaired) electrons. The van der Waals surface area contributed by atoms with Gasteiger partial charge in [-0.05, 0) is 61.7 Å². The van der Waals surface area contributed by atoms with Gasteiger partial charge < -0.3 is 23.9 Å². The number of hydrogen-bond acceptors (Lipinski definition) is 7. The Hall–Kier alpha value is -4.92. The Morgan fingerprint density at radius 3 is 2.65 bits per heavy atom. The lowest BCUT2D eigenvalue weighted by atomic mass is 9.95.